The van der Waals surface area contributed by atoms with Crippen LogP contribution in [0, 0.1) is 0 Å². The molecule has 1 atom stereocenters. The molecule has 2 N–H and O–H groups in total. The third-order valence-electron chi connectivity index (χ3n) is 4.04. The maximum Gasteiger partial charge on any atom is 0.262 e. The van der Waals surface area contributed by atoms with E-state index in [2.05, 4.69) is 10.6 Å². The summed E-state index contributed by atoms with van der Waals surface area (Å²) in [5.74, 6) is 0.222. The van der Waals surface area contributed by atoms with Crippen molar-refractivity contribution in [3.8, 4) is 5.75 Å². The van der Waals surface area contributed by atoms with Crippen molar-refractivity contribution in [3.05, 3.63) is 83.9 Å². The van der Waals surface area contributed by atoms with Crippen molar-refractivity contribution in [2.75, 3.05) is 17.2 Å². The highest BCUT2D eigenvalue weighted by Gasteiger charge is 2.16. The Morgan fingerprint density at radius 1 is 0.967 bits per heavy atom. The topological polar surface area (TPSA) is 67.4 Å². The lowest BCUT2D eigenvalue weighted by molar-refractivity contribution is -0.118. The predicted octanol–water partition coefficient (Wildman–Crippen LogP) is 5.48. The Morgan fingerprint density at radius 3 is 2.47 bits per heavy atom. The van der Waals surface area contributed by atoms with Crippen molar-refractivity contribution in [2.45, 2.75) is 17.1 Å². The first kappa shape index (κ1) is 21.7. The molecule has 30 heavy (non-hydrogen) atoms. The Kier molecular flexibility index (Phi) is 7.76. The third-order valence-corrected chi connectivity index (χ3v) is 5.47. The maximum absolute atomic E-state index is 12.5. The molecule has 3 rings (SSSR count). The first-order chi connectivity index (χ1) is 14.5. The van der Waals surface area contributed by atoms with E-state index in [4.69, 9.17) is 16.3 Å². The molecule has 0 aliphatic heterocycles. The highest BCUT2D eigenvalue weighted by Crippen LogP contribution is 2.28. The number of anilines is 2. The van der Waals surface area contributed by atoms with Gasteiger partial charge in [-0.3, -0.25) is 9.59 Å². The summed E-state index contributed by atoms with van der Waals surface area (Å²) in [6.45, 7) is 1.73. The van der Waals surface area contributed by atoms with Crippen LogP contribution in [0.4, 0.5) is 11.4 Å². The number of benzene rings is 3. The Bertz CT molecular complexity index is 1010. The number of carbonyl (C=O) groups excluding carboxylic acids is 2. The van der Waals surface area contributed by atoms with E-state index in [1.165, 1.54) is 11.8 Å². The Labute approximate surface area is 184 Å². The zero-order valence-corrected chi connectivity index (χ0v) is 17.9. The molecule has 3 aromatic carbocycles. The molecule has 7 heteroatoms. The monoisotopic (exact) mass is 440 g/mol. The van der Waals surface area contributed by atoms with E-state index in [-0.39, 0.29) is 23.7 Å². The SMILES string of the molecule is CC(Sc1cccc(NC(=O)COc2ccccc2)c1)C(=O)Nc1ccccc1Cl. The van der Waals surface area contributed by atoms with Gasteiger partial charge in [0.2, 0.25) is 5.91 Å². The number of rotatable bonds is 8. The van der Waals surface area contributed by atoms with E-state index in [0.717, 1.165) is 4.90 Å². The molecule has 0 saturated heterocycles. The minimum absolute atomic E-state index is 0.0853. The van der Waals surface area contributed by atoms with Gasteiger partial charge in [-0.15, -0.1) is 11.8 Å². The first-order valence-electron chi connectivity index (χ1n) is 9.31. The number of thioether (sulfide) groups is 1. The number of hydrogen-bond acceptors (Lipinski definition) is 4. The molecule has 5 nitrogen and oxygen atoms in total. The van der Waals surface area contributed by atoms with Gasteiger partial charge in [0.1, 0.15) is 5.75 Å². The molecule has 2 amide bonds. The lowest BCUT2D eigenvalue weighted by atomic mass is 10.3. The molecule has 3 aromatic rings. The summed E-state index contributed by atoms with van der Waals surface area (Å²) in [6, 6.07) is 23.6. The van der Waals surface area contributed by atoms with Crippen LogP contribution in [0.5, 0.6) is 5.75 Å². The molecule has 0 saturated carbocycles. The lowest BCUT2D eigenvalue weighted by Crippen LogP contribution is -2.22. The summed E-state index contributed by atoms with van der Waals surface area (Å²) in [5, 5.41) is 5.78. The largest absolute Gasteiger partial charge is 0.484 e. The summed E-state index contributed by atoms with van der Waals surface area (Å²) < 4.78 is 5.45. The number of para-hydroxylation sites is 2. The van der Waals surface area contributed by atoms with Gasteiger partial charge in [0.05, 0.1) is 16.0 Å². The molecule has 0 aliphatic rings. The van der Waals surface area contributed by atoms with Crippen molar-refractivity contribution >= 4 is 46.6 Å². The fourth-order valence-corrected chi connectivity index (χ4v) is 3.67. The van der Waals surface area contributed by atoms with Crippen molar-refractivity contribution in [2.24, 2.45) is 0 Å². The molecule has 0 radical (unpaired) electrons. The maximum atomic E-state index is 12.5. The summed E-state index contributed by atoms with van der Waals surface area (Å²) >= 11 is 7.49. The minimum Gasteiger partial charge on any atom is -0.484 e. The van der Waals surface area contributed by atoms with Crippen LogP contribution in [0.25, 0.3) is 0 Å². The Hall–Kier alpha value is -2.96. The van der Waals surface area contributed by atoms with E-state index in [9.17, 15) is 9.59 Å². The molecule has 1 unspecified atom stereocenters. The van der Waals surface area contributed by atoms with Gasteiger partial charge >= 0.3 is 0 Å². The Balaban J connectivity index is 1.53. The van der Waals surface area contributed by atoms with Crippen LogP contribution in [0.2, 0.25) is 5.02 Å². The van der Waals surface area contributed by atoms with Gasteiger partial charge in [-0.25, -0.2) is 0 Å². The smallest absolute Gasteiger partial charge is 0.262 e. The molecular formula is C23H21ClN2O3S. The average molecular weight is 441 g/mol. The molecule has 0 spiro atoms. The summed E-state index contributed by atoms with van der Waals surface area (Å²) in [7, 11) is 0. The van der Waals surface area contributed by atoms with Gasteiger partial charge in [0, 0.05) is 10.6 Å². The molecule has 0 bridgehead atoms. The number of nitrogens with one attached hydrogen (secondary N) is 2. The zero-order valence-electron chi connectivity index (χ0n) is 16.3. The summed E-state index contributed by atoms with van der Waals surface area (Å²) in [5.41, 5.74) is 1.22. The standard InChI is InChI=1S/C23H21ClN2O3S/c1-16(23(28)26-21-13-6-5-12-20(21)24)30-19-11-7-8-17(14-19)25-22(27)15-29-18-9-3-2-4-10-18/h2-14,16H,15H2,1H3,(H,25,27)(H,26,28). The fraction of sp³-hybridized carbons (Fsp3) is 0.130. The van der Waals surface area contributed by atoms with Gasteiger partial charge < -0.3 is 15.4 Å². The second-order valence-electron chi connectivity index (χ2n) is 6.41. The number of hydrogen-bond donors (Lipinski definition) is 2. The van der Waals surface area contributed by atoms with Gasteiger partial charge in [-0.05, 0) is 49.4 Å². The van der Waals surface area contributed by atoms with Crippen LogP contribution in [0.3, 0.4) is 0 Å². The molecule has 0 fully saturated rings. The van der Waals surface area contributed by atoms with E-state index in [1.54, 1.807) is 36.4 Å². The summed E-state index contributed by atoms with van der Waals surface area (Å²) in [4.78, 5) is 25.5. The van der Waals surface area contributed by atoms with Crippen LogP contribution < -0.4 is 15.4 Å². The van der Waals surface area contributed by atoms with Crippen LogP contribution in [0.1, 0.15) is 6.92 Å². The normalized spacial score (nSPS) is 11.4. The van der Waals surface area contributed by atoms with Crippen LogP contribution in [-0.2, 0) is 9.59 Å². The second kappa shape index (κ2) is 10.7. The quantitative estimate of drug-likeness (QED) is 0.455. The number of ether oxygens (including phenoxy) is 1. The number of halogens is 1. The van der Waals surface area contributed by atoms with Crippen LogP contribution in [0.15, 0.2) is 83.8 Å². The van der Waals surface area contributed by atoms with E-state index in [1.807, 2.05) is 49.4 Å². The summed E-state index contributed by atoms with van der Waals surface area (Å²) in [6.07, 6.45) is 0. The van der Waals surface area contributed by atoms with E-state index < -0.39 is 0 Å². The van der Waals surface area contributed by atoms with Crippen LogP contribution in [-0.4, -0.2) is 23.7 Å². The fourth-order valence-electron chi connectivity index (χ4n) is 2.56. The molecule has 0 aromatic heterocycles. The van der Waals surface area contributed by atoms with Gasteiger partial charge in [-0.1, -0.05) is 48.0 Å². The van der Waals surface area contributed by atoms with Crippen molar-refractivity contribution in [1.29, 1.82) is 0 Å². The van der Waals surface area contributed by atoms with Gasteiger partial charge in [-0.2, -0.15) is 0 Å². The zero-order chi connectivity index (χ0) is 21.3. The van der Waals surface area contributed by atoms with Crippen molar-refractivity contribution < 1.29 is 14.3 Å². The third kappa shape index (κ3) is 6.54. The van der Waals surface area contributed by atoms with Crippen molar-refractivity contribution in [1.82, 2.24) is 0 Å². The molecule has 0 heterocycles. The van der Waals surface area contributed by atoms with E-state index in [0.29, 0.717) is 22.1 Å². The Morgan fingerprint density at radius 2 is 1.70 bits per heavy atom. The first-order valence-corrected chi connectivity index (χ1v) is 10.6. The van der Waals surface area contributed by atoms with Crippen LogP contribution >= 0.6 is 23.4 Å². The highest BCUT2D eigenvalue weighted by molar-refractivity contribution is 8.00. The van der Waals surface area contributed by atoms with Gasteiger partial charge in [0.25, 0.3) is 5.91 Å². The molecular weight excluding hydrogens is 420 g/mol. The molecule has 0 aliphatic carbocycles. The highest BCUT2D eigenvalue weighted by atomic mass is 35.5. The average Bonchev–Trinajstić information content (AvgIpc) is 2.75. The second-order valence-corrected chi connectivity index (χ2v) is 8.23. The lowest BCUT2D eigenvalue weighted by Gasteiger charge is -2.14. The molecule has 154 valence electrons. The minimum atomic E-state index is -0.353. The number of amides is 2. The predicted molar refractivity (Wildman–Crippen MR) is 122 cm³/mol. The number of carbonyl (C=O) groups is 2. The van der Waals surface area contributed by atoms with E-state index >= 15 is 0 Å². The van der Waals surface area contributed by atoms with Gasteiger partial charge in [0.15, 0.2) is 6.61 Å². The van der Waals surface area contributed by atoms with Crippen molar-refractivity contribution in [3.63, 3.8) is 0 Å².